The van der Waals surface area contributed by atoms with Gasteiger partial charge in [0, 0.05) is 18.7 Å². The predicted molar refractivity (Wildman–Crippen MR) is 89.4 cm³/mol. The van der Waals surface area contributed by atoms with Crippen molar-refractivity contribution in [3.05, 3.63) is 53.6 Å². The summed E-state index contributed by atoms with van der Waals surface area (Å²) in [5.41, 5.74) is 2.34. The lowest BCUT2D eigenvalue weighted by atomic mass is 10.1. The summed E-state index contributed by atoms with van der Waals surface area (Å²) in [6, 6.07) is 7.49. The number of carbonyl (C=O) groups excluding carboxylic acids is 2. The molecule has 25 heavy (non-hydrogen) atoms. The van der Waals surface area contributed by atoms with Crippen molar-refractivity contribution in [3.8, 4) is 0 Å². The van der Waals surface area contributed by atoms with Gasteiger partial charge in [-0.2, -0.15) is 10.2 Å². The first-order chi connectivity index (χ1) is 12.1. The fraction of sp³-hybridized carbons (Fsp3) is 0.389. The number of hydrogen-bond donors (Lipinski definition) is 0. The van der Waals surface area contributed by atoms with Crippen LogP contribution < -0.4 is 0 Å². The minimum Gasteiger partial charge on any atom is -0.333 e. The van der Waals surface area contributed by atoms with E-state index in [2.05, 4.69) is 15.2 Å². The summed E-state index contributed by atoms with van der Waals surface area (Å²) < 4.78 is 0. The Kier molecular flexibility index (Phi) is 3.91. The number of amides is 2. The van der Waals surface area contributed by atoms with E-state index < -0.39 is 0 Å². The van der Waals surface area contributed by atoms with E-state index in [9.17, 15) is 9.59 Å². The van der Waals surface area contributed by atoms with Crippen LogP contribution in [0.25, 0.3) is 0 Å². The molecule has 0 N–H and O–H groups in total. The van der Waals surface area contributed by atoms with Gasteiger partial charge in [-0.3, -0.25) is 14.6 Å². The van der Waals surface area contributed by atoms with Gasteiger partial charge >= 0.3 is 0 Å². The monoisotopic (exact) mass is 337 g/mol. The van der Waals surface area contributed by atoms with Crippen LogP contribution in [0.4, 0.5) is 0 Å². The van der Waals surface area contributed by atoms with Crippen LogP contribution in [-0.2, 0) is 11.3 Å². The number of nitrogens with zero attached hydrogens (tertiary/aromatic N) is 5. The Labute approximate surface area is 145 Å². The molecule has 0 spiro atoms. The molecule has 2 fully saturated rings. The molecule has 0 radical (unpaired) electrons. The van der Waals surface area contributed by atoms with Gasteiger partial charge in [0.15, 0.2) is 0 Å². The Bertz CT molecular complexity index is 810. The molecule has 7 heteroatoms. The molecule has 2 aliphatic heterocycles. The van der Waals surface area contributed by atoms with Crippen molar-refractivity contribution in [2.24, 2.45) is 0 Å². The predicted octanol–water partition coefficient (Wildman–Crippen LogP) is 1.20. The van der Waals surface area contributed by atoms with Crippen LogP contribution in [0.1, 0.15) is 34.6 Å². The zero-order chi connectivity index (χ0) is 17.4. The van der Waals surface area contributed by atoms with Crippen LogP contribution in [0.2, 0.25) is 0 Å². The van der Waals surface area contributed by atoms with Crippen molar-refractivity contribution in [2.75, 3.05) is 6.54 Å². The fourth-order valence-corrected chi connectivity index (χ4v) is 3.83. The van der Waals surface area contributed by atoms with Gasteiger partial charge in [-0.25, -0.2) is 0 Å². The summed E-state index contributed by atoms with van der Waals surface area (Å²) in [6.45, 7) is 3.10. The first-order valence-corrected chi connectivity index (χ1v) is 8.43. The Morgan fingerprint density at radius 1 is 1.24 bits per heavy atom. The number of aryl methyl sites for hydroxylation is 1. The van der Waals surface area contributed by atoms with Gasteiger partial charge in [0.1, 0.15) is 0 Å². The molecule has 2 aliphatic rings. The lowest BCUT2D eigenvalue weighted by Gasteiger charge is -2.25. The van der Waals surface area contributed by atoms with E-state index in [1.54, 1.807) is 6.07 Å². The molecule has 0 unspecified atom stereocenters. The van der Waals surface area contributed by atoms with Crippen LogP contribution in [-0.4, -0.2) is 55.4 Å². The number of rotatable bonds is 3. The molecule has 4 heterocycles. The third kappa shape index (κ3) is 2.86. The molecular weight excluding hydrogens is 318 g/mol. The number of hydrogen-bond acceptors (Lipinski definition) is 5. The average Bonchev–Trinajstić information content (AvgIpc) is 3.15. The number of pyridine rings is 1. The van der Waals surface area contributed by atoms with Crippen molar-refractivity contribution in [1.82, 2.24) is 25.0 Å². The highest BCUT2D eigenvalue weighted by molar-refractivity contribution is 5.95. The highest BCUT2D eigenvalue weighted by Crippen LogP contribution is 2.34. The van der Waals surface area contributed by atoms with Crippen molar-refractivity contribution in [1.29, 1.82) is 0 Å². The maximum Gasteiger partial charge on any atom is 0.255 e. The summed E-state index contributed by atoms with van der Waals surface area (Å²) >= 11 is 0. The highest BCUT2D eigenvalue weighted by Gasteiger charge is 2.48. The zero-order valence-corrected chi connectivity index (χ0v) is 14.0. The van der Waals surface area contributed by atoms with E-state index in [1.807, 2.05) is 34.9 Å². The molecular formula is C18H19N5O2. The average molecular weight is 337 g/mol. The van der Waals surface area contributed by atoms with Gasteiger partial charge in [-0.05, 0) is 31.5 Å². The maximum atomic E-state index is 12.7. The molecule has 7 nitrogen and oxygen atoms in total. The molecule has 2 aromatic rings. The Morgan fingerprint density at radius 2 is 2.12 bits per heavy atom. The lowest BCUT2D eigenvalue weighted by Crippen LogP contribution is -2.39. The first kappa shape index (κ1) is 15.7. The molecule has 0 saturated carbocycles. The summed E-state index contributed by atoms with van der Waals surface area (Å²) in [5, 5.41) is 7.48. The van der Waals surface area contributed by atoms with Gasteiger partial charge in [0.25, 0.3) is 5.91 Å². The Balaban J connectivity index is 1.52. The van der Waals surface area contributed by atoms with Crippen LogP contribution in [0.5, 0.6) is 0 Å². The second kappa shape index (κ2) is 6.23. The van der Waals surface area contributed by atoms with E-state index in [1.165, 1.54) is 12.4 Å². The molecule has 4 rings (SSSR count). The number of aromatic nitrogens is 3. The lowest BCUT2D eigenvalue weighted by molar-refractivity contribution is -0.129. The quantitative estimate of drug-likeness (QED) is 0.841. The van der Waals surface area contributed by atoms with Gasteiger partial charge in [-0.15, -0.1) is 0 Å². The molecule has 128 valence electrons. The smallest absolute Gasteiger partial charge is 0.255 e. The van der Waals surface area contributed by atoms with E-state index in [0.717, 1.165) is 17.8 Å². The summed E-state index contributed by atoms with van der Waals surface area (Å²) in [4.78, 5) is 33.4. The maximum absolute atomic E-state index is 12.7. The van der Waals surface area contributed by atoms with Crippen molar-refractivity contribution < 1.29 is 9.59 Å². The second-order valence-corrected chi connectivity index (χ2v) is 6.55. The zero-order valence-electron chi connectivity index (χ0n) is 14.0. The van der Waals surface area contributed by atoms with E-state index in [0.29, 0.717) is 25.1 Å². The Morgan fingerprint density at radius 3 is 2.88 bits per heavy atom. The van der Waals surface area contributed by atoms with Crippen LogP contribution in [0, 0.1) is 6.92 Å². The third-order valence-corrected chi connectivity index (χ3v) is 4.99. The molecule has 0 aliphatic carbocycles. The van der Waals surface area contributed by atoms with Crippen molar-refractivity contribution in [3.63, 3.8) is 0 Å². The SMILES string of the molecule is Cc1cccc(CN2C(=O)C[C@@H]3[C@@H]2CCN3C(=O)c2ccnnc2)n1. The van der Waals surface area contributed by atoms with E-state index >= 15 is 0 Å². The molecule has 2 atom stereocenters. The number of likely N-dealkylation sites (tertiary alicyclic amines) is 2. The largest absolute Gasteiger partial charge is 0.333 e. The summed E-state index contributed by atoms with van der Waals surface area (Å²) in [7, 11) is 0. The molecule has 2 saturated heterocycles. The minimum absolute atomic E-state index is 0.0635. The third-order valence-electron chi connectivity index (χ3n) is 4.99. The van der Waals surface area contributed by atoms with Gasteiger partial charge in [0.2, 0.25) is 5.91 Å². The first-order valence-electron chi connectivity index (χ1n) is 8.43. The topological polar surface area (TPSA) is 79.3 Å². The minimum atomic E-state index is -0.0780. The van der Waals surface area contributed by atoms with Crippen LogP contribution in [0.3, 0.4) is 0 Å². The van der Waals surface area contributed by atoms with Gasteiger partial charge in [0.05, 0.1) is 42.3 Å². The molecule has 2 amide bonds. The summed E-state index contributed by atoms with van der Waals surface area (Å²) in [6.07, 6.45) is 4.16. The standard InChI is InChI=1S/C18H19N5O2/c1-12-3-2-4-14(21-12)11-23-15-6-8-22(16(15)9-17(23)24)18(25)13-5-7-19-20-10-13/h2-5,7,10,15-16H,6,8-9,11H2,1H3/t15-,16+/m0/s1. The number of fused-ring (bicyclic) bond motifs is 1. The second-order valence-electron chi connectivity index (χ2n) is 6.55. The number of carbonyl (C=O) groups is 2. The van der Waals surface area contributed by atoms with Crippen LogP contribution in [0.15, 0.2) is 36.7 Å². The van der Waals surface area contributed by atoms with E-state index in [4.69, 9.17) is 0 Å². The van der Waals surface area contributed by atoms with E-state index in [-0.39, 0.29) is 23.9 Å². The summed E-state index contributed by atoms with van der Waals surface area (Å²) in [5.74, 6) is 0.00869. The molecule has 2 aromatic heterocycles. The van der Waals surface area contributed by atoms with Crippen molar-refractivity contribution in [2.45, 2.75) is 38.4 Å². The molecule has 0 aromatic carbocycles. The molecule has 0 bridgehead atoms. The van der Waals surface area contributed by atoms with Crippen LogP contribution >= 0.6 is 0 Å². The Hall–Kier alpha value is -2.83. The van der Waals surface area contributed by atoms with Gasteiger partial charge in [-0.1, -0.05) is 6.07 Å². The van der Waals surface area contributed by atoms with Gasteiger partial charge < -0.3 is 9.80 Å². The fourth-order valence-electron chi connectivity index (χ4n) is 3.83. The normalized spacial score (nSPS) is 22.4. The van der Waals surface area contributed by atoms with Crippen molar-refractivity contribution >= 4 is 11.8 Å². The highest BCUT2D eigenvalue weighted by atomic mass is 16.2.